The number of hydrogen-bond acceptors (Lipinski definition) is 3. The molecule has 0 radical (unpaired) electrons. The lowest BCUT2D eigenvalue weighted by atomic mass is 10.1. The lowest BCUT2D eigenvalue weighted by Gasteiger charge is -2.29. The maximum atomic E-state index is 13.8. The van der Waals surface area contributed by atoms with Gasteiger partial charge in [-0.3, -0.25) is 9.59 Å². The average Bonchev–Trinajstić information content (AvgIpc) is 2.72. The SMILES string of the molecule is CC[C@H](C)NC(=O)[C@@H](C)N(Cc1cccc(C)c1)C(=O)CSCc1ccccc1F. The van der Waals surface area contributed by atoms with E-state index in [0.29, 0.717) is 17.9 Å². The minimum Gasteiger partial charge on any atom is -0.352 e. The molecule has 2 aromatic carbocycles. The number of carbonyl (C=O) groups is 2. The molecule has 0 aromatic heterocycles. The van der Waals surface area contributed by atoms with Crippen molar-refractivity contribution in [1.29, 1.82) is 0 Å². The van der Waals surface area contributed by atoms with E-state index in [1.807, 2.05) is 45.0 Å². The molecule has 30 heavy (non-hydrogen) atoms. The maximum Gasteiger partial charge on any atom is 0.242 e. The molecule has 2 aromatic rings. The predicted octanol–water partition coefficient (Wildman–Crippen LogP) is 4.70. The zero-order valence-electron chi connectivity index (χ0n) is 18.2. The van der Waals surface area contributed by atoms with E-state index in [0.717, 1.165) is 17.5 Å². The van der Waals surface area contributed by atoms with Gasteiger partial charge in [0.15, 0.2) is 0 Å². The van der Waals surface area contributed by atoms with Crippen LogP contribution in [0.4, 0.5) is 4.39 Å². The third-order valence-corrected chi connectivity index (χ3v) is 6.01. The molecule has 2 amide bonds. The van der Waals surface area contributed by atoms with Gasteiger partial charge in [-0.1, -0.05) is 55.0 Å². The third kappa shape index (κ3) is 7.17. The fourth-order valence-corrected chi connectivity index (χ4v) is 3.90. The fraction of sp³-hybridized carbons (Fsp3) is 0.417. The second-order valence-corrected chi connectivity index (χ2v) is 8.57. The van der Waals surface area contributed by atoms with Crippen LogP contribution >= 0.6 is 11.8 Å². The predicted molar refractivity (Wildman–Crippen MR) is 122 cm³/mol. The van der Waals surface area contributed by atoms with E-state index in [2.05, 4.69) is 5.32 Å². The monoisotopic (exact) mass is 430 g/mol. The van der Waals surface area contributed by atoms with Crippen molar-refractivity contribution < 1.29 is 14.0 Å². The zero-order chi connectivity index (χ0) is 22.1. The Morgan fingerprint density at radius 2 is 1.87 bits per heavy atom. The summed E-state index contributed by atoms with van der Waals surface area (Å²) in [5.41, 5.74) is 2.65. The highest BCUT2D eigenvalue weighted by atomic mass is 32.2. The minimum absolute atomic E-state index is 0.0475. The number of amides is 2. The molecule has 0 aliphatic heterocycles. The smallest absolute Gasteiger partial charge is 0.242 e. The summed E-state index contributed by atoms with van der Waals surface area (Å²) in [6.45, 7) is 8.06. The molecule has 0 saturated carbocycles. The van der Waals surface area contributed by atoms with Gasteiger partial charge in [-0.05, 0) is 44.4 Å². The summed E-state index contributed by atoms with van der Waals surface area (Å²) in [5, 5.41) is 2.96. The highest BCUT2D eigenvalue weighted by Gasteiger charge is 2.26. The van der Waals surface area contributed by atoms with Crippen LogP contribution in [-0.4, -0.2) is 34.6 Å². The molecule has 4 nitrogen and oxygen atoms in total. The molecule has 2 rings (SSSR count). The van der Waals surface area contributed by atoms with Crippen LogP contribution in [0.2, 0.25) is 0 Å². The Balaban J connectivity index is 2.09. The third-order valence-electron chi connectivity index (χ3n) is 5.04. The van der Waals surface area contributed by atoms with Gasteiger partial charge in [0.25, 0.3) is 0 Å². The standard InChI is InChI=1S/C24H31FN2O2S/c1-5-18(3)26-24(29)19(4)27(14-20-10-8-9-17(2)13-20)23(28)16-30-15-21-11-6-7-12-22(21)25/h6-13,18-19H,5,14-16H2,1-4H3,(H,26,29)/t18-,19+/m0/s1. The largest absolute Gasteiger partial charge is 0.352 e. The molecule has 0 aliphatic carbocycles. The molecule has 6 heteroatoms. The molecule has 0 aliphatic rings. The van der Waals surface area contributed by atoms with Gasteiger partial charge < -0.3 is 10.2 Å². The second-order valence-electron chi connectivity index (χ2n) is 7.59. The van der Waals surface area contributed by atoms with E-state index in [1.165, 1.54) is 17.8 Å². The van der Waals surface area contributed by atoms with Gasteiger partial charge >= 0.3 is 0 Å². The van der Waals surface area contributed by atoms with Crippen molar-refractivity contribution in [2.45, 2.75) is 58.5 Å². The number of halogens is 1. The van der Waals surface area contributed by atoms with Crippen molar-refractivity contribution in [2.75, 3.05) is 5.75 Å². The topological polar surface area (TPSA) is 49.4 Å². The first-order chi connectivity index (χ1) is 14.3. The van der Waals surface area contributed by atoms with Crippen molar-refractivity contribution >= 4 is 23.6 Å². The van der Waals surface area contributed by atoms with E-state index in [-0.39, 0.29) is 29.4 Å². The first kappa shape index (κ1) is 23.9. The maximum absolute atomic E-state index is 13.8. The van der Waals surface area contributed by atoms with Crippen molar-refractivity contribution in [3.05, 3.63) is 71.0 Å². The normalized spacial score (nSPS) is 12.8. The zero-order valence-corrected chi connectivity index (χ0v) is 19.0. The molecule has 0 unspecified atom stereocenters. The Morgan fingerprint density at radius 1 is 1.13 bits per heavy atom. The van der Waals surface area contributed by atoms with E-state index < -0.39 is 6.04 Å². The van der Waals surface area contributed by atoms with Crippen LogP contribution in [0.25, 0.3) is 0 Å². The first-order valence-electron chi connectivity index (χ1n) is 10.3. The Labute approximate surface area is 183 Å². The van der Waals surface area contributed by atoms with Gasteiger partial charge in [0.1, 0.15) is 11.9 Å². The highest BCUT2D eigenvalue weighted by molar-refractivity contribution is 7.99. The summed E-state index contributed by atoms with van der Waals surface area (Å²) < 4.78 is 13.8. The van der Waals surface area contributed by atoms with Crippen molar-refractivity contribution in [3.8, 4) is 0 Å². The quantitative estimate of drug-likeness (QED) is 0.594. The highest BCUT2D eigenvalue weighted by Crippen LogP contribution is 2.18. The average molecular weight is 431 g/mol. The van der Waals surface area contributed by atoms with Crippen LogP contribution in [0.5, 0.6) is 0 Å². The first-order valence-corrected chi connectivity index (χ1v) is 11.4. The molecular weight excluding hydrogens is 399 g/mol. The number of nitrogens with zero attached hydrogens (tertiary/aromatic N) is 1. The Bertz CT molecular complexity index is 859. The molecule has 0 bridgehead atoms. The number of aryl methyl sites for hydroxylation is 1. The van der Waals surface area contributed by atoms with E-state index in [9.17, 15) is 14.0 Å². The summed E-state index contributed by atoms with van der Waals surface area (Å²) in [4.78, 5) is 27.3. The number of hydrogen-bond donors (Lipinski definition) is 1. The molecule has 0 fully saturated rings. The molecular formula is C24H31FN2O2S. The van der Waals surface area contributed by atoms with E-state index in [4.69, 9.17) is 0 Å². The van der Waals surface area contributed by atoms with Gasteiger partial charge in [-0.25, -0.2) is 4.39 Å². The second kappa shape index (κ2) is 11.7. The Hall–Kier alpha value is -2.34. The van der Waals surface area contributed by atoms with Crippen molar-refractivity contribution in [1.82, 2.24) is 10.2 Å². The molecule has 1 N–H and O–H groups in total. The molecule has 0 spiro atoms. The summed E-state index contributed by atoms with van der Waals surface area (Å²) in [6.07, 6.45) is 0.822. The number of nitrogens with one attached hydrogen (secondary N) is 1. The number of thioether (sulfide) groups is 1. The summed E-state index contributed by atoms with van der Waals surface area (Å²) in [7, 11) is 0. The molecule has 2 atom stereocenters. The number of rotatable bonds is 10. The Kier molecular flexibility index (Phi) is 9.37. The van der Waals surface area contributed by atoms with Crippen LogP contribution in [0.3, 0.4) is 0 Å². The lowest BCUT2D eigenvalue weighted by Crippen LogP contribution is -2.50. The lowest BCUT2D eigenvalue weighted by molar-refractivity contribution is -0.138. The van der Waals surface area contributed by atoms with Gasteiger partial charge in [0.05, 0.1) is 5.75 Å². The molecule has 0 saturated heterocycles. The van der Waals surface area contributed by atoms with Gasteiger partial charge in [0, 0.05) is 18.3 Å². The summed E-state index contributed by atoms with van der Waals surface area (Å²) in [5.74, 6) is 0.0232. The van der Waals surface area contributed by atoms with Crippen LogP contribution in [0.15, 0.2) is 48.5 Å². The van der Waals surface area contributed by atoms with Gasteiger partial charge in [0.2, 0.25) is 11.8 Å². The van der Waals surface area contributed by atoms with E-state index in [1.54, 1.807) is 30.0 Å². The van der Waals surface area contributed by atoms with Gasteiger partial charge in [-0.2, -0.15) is 0 Å². The minimum atomic E-state index is -0.596. The molecule has 0 heterocycles. The van der Waals surface area contributed by atoms with E-state index >= 15 is 0 Å². The van der Waals surface area contributed by atoms with Crippen molar-refractivity contribution in [3.63, 3.8) is 0 Å². The fourth-order valence-electron chi connectivity index (χ4n) is 3.00. The Morgan fingerprint density at radius 3 is 2.53 bits per heavy atom. The van der Waals surface area contributed by atoms with Crippen LogP contribution in [0.1, 0.15) is 43.9 Å². The van der Waals surface area contributed by atoms with Crippen LogP contribution in [0, 0.1) is 12.7 Å². The van der Waals surface area contributed by atoms with Crippen LogP contribution < -0.4 is 5.32 Å². The van der Waals surface area contributed by atoms with Gasteiger partial charge in [-0.15, -0.1) is 11.8 Å². The number of carbonyl (C=O) groups excluding carboxylic acids is 2. The summed E-state index contributed by atoms with van der Waals surface area (Å²) >= 11 is 1.36. The van der Waals surface area contributed by atoms with Crippen molar-refractivity contribution in [2.24, 2.45) is 0 Å². The number of benzene rings is 2. The van der Waals surface area contributed by atoms with Crippen LogP contribution in [-0.2, 0) is 21.9 Å². The molecule has 162 valence electrons. The summed E-state index contributed by atoms with van der Waals surface area (Å²) in [6, 6.07) is 14.0.